The fraction of sp³-hybridized carbons (Fsp3) is 0.500. The SMILES string of the molecule is CC(C)(CO)c1ccc(CCN)cc1. The van der Waals surface area contributed by atoms with Crippen molar-refractivity contribution in [2.75, 3.05) is 13.2 Å². The quantitative estimate of drug-likeness (QED) is 0.760. The molecule has 0 unspecified atom stereocenters. The third kappa shape index (κ3) is 2.56. The normalized spacial score (nSPS) is 11.7. The largest absolute Gasteiger partial charge is 0.395 e. The third-order valence-electron chi connectivity index (χ3n) is 2.56. The summed E-state index contributed by atoms with van der Waals surface area (Å²) >= 11 is 0. The first-order valence-corrected chi connectivity index (χ1v) is 5.00. The van der Waals surface area contributed by atoms with Gasteiger partial charge in [0.1, 0.15) is 0 Å². The van der Waals surface area contributed by atoms with Crippen molar-refractivity contribution < 1.29 is 5.11 Å². The highest BCUT2D eigenvalue weighted by Gasteiger charge is 2.18. The van der Waals surface area contributed by atoms with Crippen LogP contribution in [0.3, 0.4) is 0 Å². The molecule has 78 valence electrons. The van der Waals surface area contributed by atoms with Crippen LogP contribution in [-0.2, 0) is 11.8 Å². The first-order valence-electron chi connectivity index (χ1n) is 5.00. The Bertz CT molecular complexity index is 277. The molecule has 1 rings (SSSR count). The molecule has 0 aliphatic carbocycles. The molecule has 0 aliphatic heterocycles. The summed E-state index contributed by atoms with van der Waals surface area (Å²) in [5, 5.41) is 9.20. The highest BCUT2D eigenvalue weighted by atomic mass is 16.3. The Balaban J connectivity index is 2.82. The average molecular weight is 193 g/mol. The van der Waals surface area contributed by atoms with E-state index in [-0.39, 0.29) is 12.0 Å². The molecule has 0 aromatic heterocycles. The standard InChI is InChI=1S/C12H19NO/c1-12(2,9-14)11-5-3-10(4-6-11)7-8-13/h3-6,14H,7-9,13H2,1-2H3. The van der Waals surface area contributed by atoms with E-state index in [1.54, 1.807) is 0 Å². The second kappa shape index (κ2) is 4.58. The summed E-state index contributed by atoms with van der Waals surface area (Å²) in [5.74, 6) is 0. The highest BCUT2D eigenvalue weighted by molar-refractivity contribution is 5.28. The first kappa shape index (κ1) is 11.2. The summed E-state index contributed by atoms with van der Waals surface area (Å²) in [4.78, 5) is 0. The van der Waals surface area contributed by atoms with Gasteiger partial charge in [0.15, 0.2) is 0 Å². The third-order valence-corrected chi connectivity index (χ3v) is 2.56. The lowest BCUT2D eigenvalue weighted by molar-refractivity contribution is 0.218. The molecule has 0 amide bonds. The summed E-state index contributed by atoms with van der Waals surface area (Å²) in [6.45, 7) is 4.92. The van der Waals surface area contributed by atoms with Crippen molar-refractivity contribution in [3.63, 3.8) is 0 Å². The number of nitrogens with two attached hydrogens (primary N) is 1. The number of aliphatic hydroxyl groups excluding tert-OH is 1. The van der Waals surface area contributed by atoms with Crippen LogP contribution >= 0.6 is 0 Å². The molecular formula is C12H19NO. The van der Waals surface area contributed by atoms with Crippen molar-refractivity contribution in [1.29, 1.82) is 0 Å². The summed E-state index contributed by atoms with van der Waals surface area (Å²) < 4.78 is 0. The van der Waals surface area contributed by atoms with Crippen molar-refractivity contribution in [2.45, 2.75) is 25.7 Å². The van der Waals surface area contributed by atoms with Crippen molar-refractivity contribution in [1.82, 2.24) is 0 Å². The number of rotatable bonds is 4. The zero-order chi connectivity index (χ0) is 10.6. The van der Waals surface area contributed by atoms with Crippen LogP contribution in [0.15, 0.2) is 24.3 Å². The van der Waals surface area contributed by atoms with E-state index in [1.807, 2.05) is 13.8 Å². The van der Waals surface area contributed by atoms with Crippen LogP contribution in [0, 0.1) is 0 Å². The average Bonchev–Trinajstić information content (AvgIpc) is 2.19. The zero-order valence-corrected chi connectivity index (χ0v) is 8.96. The molecule has 0 radical (unpaired) electrons. The van der Waals surface area contributed by atoms with Crippen LogP contribution in [-0.4, -0.2) is 18.3 Å². The van der Waals surface area contributed by atoms with Gasteiger partial charge in [-0.2, -0.15) is 0 Å². The van der Waals surface area contributed by atoms with Crippen molar-refractivity contribution in [3.8, 4) is 0 Å². The number of aliphatic hydroxyl groups is 1. The predicted molar refractivity (Wildman–Crippen MR) is 59.3 cm³/mol. The minimum Gasteiger partial charge on any atom is -0.395 e. The lowest BCUT2D eigenvalue weighted by Crippen LogP contribution is -2.21. The molecule has 14 heavy (non-hydrogen) atoms. The molecule has 0 aliphatic rings. The van der Waals surface area contributed by atoms with Gasteiger partial charge in [0.05, 0.1) is 6.61 Å². The molecule has 0 saturated heterocycles. The first-order chi connectivity index (χ1) is 6.60. The molecule has 0 spiro atoms. The van der Waals surface area contributed by atoms with Crippen LogP contribution in [0.5, 0.6) is 0 Å². The molecule has 1 aromatic carbocycles. The van der Waals surface area contributed by atoms with E-state index in [0.29, 0.717) is 6.54 Å². The minimum atomic E-state index is -0.152. The topological polar surface area (TPSA) is 46.2 Å². The van der Waals surface area contributed by atoms with E-state index >= 15 is 0 Å². The second-order valence-corrected chi connectivity index (χ2v) is 4.28. The Morgan fingerprint density at radius 2 is 1.79 bits per heavy atom. The van der Waals surface area contributed by atoms with E-state index < -0.39 is 0 Å². The molecule has 0 saturated carbocycles. The van der Waals surface area contributed by atoms with E-state index in [0.717, 1.165) is 6.42 Å². The van der Waals surface area contributed by atoms with Gasteiger partial charge in [-0.25, -0.2) is 0 Å². The van der Waals surface area contributed by atoms with Gasteiger partial charge in [-0.05, 0) is 24.1 Å². The molecule has 2 nitrogen and oxygen atoms in total. The maximum atomic E-state index is 9.20. The van der Waals surface area contributed by atoms with Gasteiger partial charge in [-0.15, -0.1) is 0 Å². The Kier molecular flexibility index (Phi) is 3.67. The maximum absolute atomic E-state index is 9.20. The van der Waals surface area contributed by atoms with Gasteiger partial charge in [0.25, 0.3) is 0 Å². The smallest absolute Gasteiger partial charge is 0.0522 e. The van der Waals surface area contributed by atoms with E-state index in [2.05, 4.69) is 24.3 Å². The molecule has 1 aromatic rings. The zero-order valence-electron chi connectivity index (χ0n) is 8.96. The van der Waals surface area contributed by atoms with Crippen molar-refractivity contribution >= 4 is 0 Å². The Hall–Kier alpha value is -0.860. The van der Waals surface area contributed by atoms with Gasteiger partial charge in [0, 0.05) is 5.41 Å². The number of benzene rings is 1. The van der Waals surface area contributed by atoms with Crippen LogP contribution in [0.2, 0.25) is 0 Å². The fourth-order valence-corrected chi connectivity index (χ4v) is 1.38. The Morgan fingerprint density at radius 3 is 2.21 bits per heavy atom. The molecule has 3 N–H and O–H groups in total. The van der Waals surface area contributed by atoms with Crippen LogP contribution < -0.4 is 5.73 Å². The monoisotopic (exact) mass is 193 g/mol. The lowest BCUT2D eigenvalue weighted by atomic mass is 9.85. The van der Waals surface area contributed by atoms with E-state index in [1.165, 1.54) is 11.1 Å². The van der Waals surface area contributed by atoms with Crippen LogP contribution in [0.4, 0.5) is 0 Å². The van der Waals surface area contributed by atoms with Gasteiger partial charge < -0.3 is 10.8 Å². The molecule has 2 heteroatoms. The molecular weight excluding hydrogens is 174 g/mol. The summed E-state index contributed by atoms with van der Waals surface area (Å²) in [6, 6.07) is 8.31. The molecule has 0 fully saturated rings. The predicted octanol–water partition coefficient (Wildman–Crippen LogP) is 1.46. The minimum absolute atomic E-state index is 0.152. The highest BCUT2D eigenvalue weighted by Crippen LogP contribution is 2.22. The van der Waals surface area contributed by atoms with E-state index in [9.17, 15) is 5.11 Å². The van der Waals surface area contributed by atoms with Gasteiger partial charge in [-0.1, -0.05) is 38.1 Å². The summed E-state index contributed by atoms with van der Waals surface area (Å²) in [7, 11) is 0. The molecule has 0 heterocycles. The number of hydrogen-bond donors (Lipinski definition) is 2. The number of hydrogen-bond acceptors (Lipinski definition) is 2. The Labute approximate surface area is 85.8 Å². The fourth-order valence-electron chi connectivity index (χ4n) is 1.38. The molecule has 0 atom stereocenters. The lowest BCUT2D eigenvalue weighted by Gasteiger charge is -2.22. The van der Waals surface area contributed by atoms with Crippen molar-refractivity contribution in [3.05, 3.63) is 35.4 Å². The summed E-state index contributed by atoms with van der Waals surface area (Å²) in [5.41, 5.74) is 7.74. The van der Waals surface area contributed by atoms with Gasteiger partial charge in [0.2, 0.25) is 0 Å². The van der Waals surface area contributed by atoms with Crippen molar-refractivity contribution in [2.24, 2.45) is 5.73 Å². The maximum Gasteiger partial charge on any atom is 0.0522 e. The Morgan fingerprint density at radius 1 is 1.21 bits per heavy atom. The second-order valence-electron chi connectivity index (χ2n) is 4.28. The summed E-state index contributed by atoms with van der Waals surface area (Å²) in [6.07, 6.45) is 0.917. The van der Waals surface area contributed by atoms with Gasteiger partial charge >= 0.3 is 0 Å². The van der Waals surface area contributed by atoms with Crippen LogP contribution in [0.25, 0.3) is 0 Å². The van der Waals surface area contributed by atoms with E-state index in [4.69, 9.17) is 5.73 Å². The molecule has 0 bridgehead atoms. The van der Waals surface area contributed by atoms with Crippen LogP contribution in [0.1, 0.15) is 25.0 Å². The van der Waals surface area contributed by atoms with Gasteiger partial charge in [-0.3, -0.25) is 0 Å².